The fraction of sp³-hybridized carbons (Fsp3) is 0.889. The van der Waals surface area contributed by atoms with Gasteiger partial charge in [-0.15, -0.1) is 11.6 Å². The Morgan fingerprint density at radius 3 is 2.34 bits per heavy atom. The summed E-state index contributed by atoms with van der Waals surface area (Å²) >= 11 is 6.73. The fourth-order valence-electron chi connectivity index (χ4n) is 8.31. The van der Waals surface area contributed by atoms with Crippen molar-refractivity contribution in [2.24, 2.45) is 28.6 Å². The number of fused-ring (bicyclic) bond motifs is 5. The van der Waals surface area contributed by atoms with E-state index >= 15 is 0 Å². The standard InChI is InChI=1S/C27H43ClO7/c1-23(2,33)9-8-20(31)26(5,34)19-7-11-27(35)15-12-17(29)16-13-18(30)21(32)22(28)25(16,4)14(15)6-10-24(19,27)3/h12,14,16,18-22,30-35H,6-11,13H2,1-5H3/t14?,16-,18+,19+,20+,21-,22?,24+,25+,26?,27+/m0/s1. The van der Waals surface area contributed by atoms with Gasteiger partial charge in [-0.2, -0.15) is 0 Å². The Bertz CT molecular complexity index is 896. The van der Waals surface area contributed by atoms with Gasteiger partial charge in [0, 0.05) is 16.7 Å². The van der Waals surface area contributed by atoms with Crippen molar-refractivity contribution >= 4 is 17.4 Å². The van der Waals surface area contributed by atoms with E-state index in [1.54, 1.807) is 26.8 Å². The summed E-state index contributed by atoms with van der Waals surface area (Å²) in [5, 5.41) is 64.9. The third-order valence-electron chi connectivity index (χ3n) is 10.6. The molecule has 0 amide bonds. The largest absolute Gasteiger partial charge is 0.390 e. The topological polar surface area (TPSA) is 138 Å². The van der Waals surface area contributed by atoms with E-state index in [2.05, 4.69) is 0 Å². The maximum absolute atomic E-state index is 13.3. The van der Waals surface area contributed by atoms with Crippen LogP contribution in [0.1, 0.15) is 79.6 Å². The lowest BCUT2D eigenvalue weighted by Crippen LogP contribution is -2.65. The first-order valence-corrected chi connectivity index (χ1v) is 13.5. The van der Waals surface area contributed by atoms with Gasteiger partial charge >= 0.3 is 0 Å². The molecule has 35 heavy (non-hydrogen) atoms. The lowest BCUT2D eigenvalue weighted by molar-refractivity contribution is -0.176. The Balaban J connectivity index is 1.69. The van der Waals surface area contributed by atoms with E-state index in [0.717, 1.165) is 0 Å². The highest BCUT2D eigenvalue weighted by molar-refractivity contribution is 6.22. The van der Waals surface area contributed by atoms with E-state index in [0.29, 0.717) is 37.7 Å². The van der Waals surface area contributed by atoms with Crippen molar-refractivity contribution in [1.82, 2.24) is 0 Å². The molecule has 0 aliphatic heterocycles. The number of rotatable bonds is 5. The molecule has 6 N–H and O–H groups in total. The molecule has 200 valence electrons. The van der Waals surface area contributed by atoms with Crippen molar-refractivity contribution in [2.45, 2.75) is 120 Å². The van der Waals surface area contributed by atoms with Crippen LogP contribution < -0.4 is 0 Å². The van der Waals surface area contributed by atoms with E-state index in [9.17, 15) is 35.4 Å². The van der Waals surface area contributed by atoms with Gasteiger partial charge in [-0.3, -0.25) is 4.79 Å². The molecule has 11 atom stereocenters. The zero-order chi connectivity index (χ0) is 26.4. The molecule has 0 radical (unpaired) electrons. The van der Waals surface area contributed by atoms with Gasteiger partial charge < -0.3 is 30.6 Å². The molecule has 4 aliphatic rings. The zero-order valence-corrected chi connectivity index (χ0v) is 22.3. The first kappa shape index (κ1) is 27.5. The van der Waals surface area contributed by atoms with Gasteiger partial charge in [0.15, 0.2) is 5.78 Å². The molecule has 0 aromatic carbocycles. The Kier molecular flexibility index (Phi) is 6.67. The molecule has 3 fully saturated rings. The fourth-order valence-corrected chi connectivity index (χ4v) is 8.78. The summed E-state index contributed by atoms with van der Waals surface area (Å²) in [5.74, 6) is -1.39. The van der Waals surface area contributed by atoms with Crippen molar-refractivity contribution in [3.8, 4) is 0 Å². The Morgan fingerprint density at radius 1 is 1.11 bits per heavy atom. The molecule has 4 aliphatic carbocycles. The number of alkyl halides is 1. The van der Waals surface area contributed by atoms with Gasteiger partial charge in [0.05, 0.1) is 40.5 Å². The predicted octanol–water partition coefficient (Wildman–Crippen LogP) is 2.07. The molecule has 0 saturated heterocycles. The highest BCUT2D eigenvalue weighted by Gasteiger charge is 2.70. The van der Waals surface area contributed by atoms with Crippen molar-refractivity contribution in [3.63, 3.8) is 0 Å². The van der Waals surface area contributed by atoms with Gasteiger partial charge in [0.25, 0.3) is 0 Å². The molecule has 8 heteroatoms. The van der Waals surface area contributed by atoms with E-state index in [-0.39, 0.29) is 24.5 Å². The van der Waals surface area contributed by atoms with Crippen LogP contribution in [0.5, 0.6) is 0 Å². The van der Waals surface area contributed by atoms with Crippen LogP contribution in [-0.2, 0) is 4.79 Å². The summed E-state index contributed by atoms with van der Waals surface area (Å²) in [5.41, 5.74) is -4.80. The van der Waals surface area contributed by atoms with Crippen molar-refractivity contribution < 1.29 is 35.4 Å². The second kappa shape index (κ2) is 8.48. The number of aliphatic hydroxyl groups excluding tert-OH is 3. The number of halogens is 1. The van der Waals surface area contributed by atoms with Crippen LogP contribution in [-0.4, -0.2) is 76.9 Å². The predicted molar refractivity (Wildman–Crippen MR) is 132 cm³/mol. The van der Waals surface area contributed by atoms with Gasteiger partial charge in [-0.25, -0.2) is 0 Å². The van der Waals surface area contributed by atoms with Crippen LogP contribution in [0, 0.1) is 28.6 Å². The maximum Gasteiger partial charge on any atom is 0.159 e. The number of carbonyl (C=O) groups excluding carboxylic acids is 1. The lowest BCUT2D eigenvalue weighted by atomic mass is 9.45. The summed E-state index contributed by atoms with van der Waals surface area (Å²) < 4.78 is 0. The van der Waals surface area contributed by atoms with E-state index in [4.69, 9.17) is 11.6 Å². The Hall–Kier alpha value is -0.540. The van der Waals surface area contributed by atoms with E-state index in [1.165, 1.54) is 0 Å². The smallest absolute Gasteiger partial charge is 0.159 e. The molecule has 0 aromatic heterocycles. The molecule has 0 heterocycles. The van der Waals surface area contributed by atoms with Gasteiger partial charge in [0.2, 0.25) is 0 Å². The number of allylic oxidation sites excluding steroid dienone is 1. The van der Waals surface area contributed by atoms with Crippen molar-refractivity contribution in [2.75, 3.05) is 0 Å². The van der Waals surface area contributed by atoms with Crippen LogP contribution in [0.25, 0.3) is 0 Å². The normalized spacial score (nSPS) is 48.3. The minimum atomic E-state index is -1.50. The summed E-state index contributed by atoms with van der Waals surface area (Å²) in [6, 6.07) is 0. The summed E-state index contributed by atoms with van der Waals surface area (Å²) in [7, 11) is 0. The summed E-state index contributed by atoms with van der Waals surface area (Å²) in [4.78, 5) is 13.3. The SMILES string of the molecule is CC(C)(O)CC[C@@H](O)C(C)(O)[C@@H]1CC[C@@]2(O)C3=CC(=O)[C@@H]4C[C@@H](O)[C@H](O)C(Cl)[C@]4(C)C3CC[C@]12C. The minimum absolute atomic E-state index is 0.139. The summed E-state index contributed by atoms with van der Waals surface area (Å²) in [6.07, 6.45) is 0.919. The summed E-state index contributed by atoms with van der Waals surface area (Å²) in [6.45, 7) is 8.78. The van der Waals surface area contributed by atoms with Crippen molar-refractivity contribution in [1.29, 1.82) is 0 Å². The maximum atomic E-state index is 13.3. The highest BCUT2D eigenvalue weighted by Crippen LogP contribution is 2.69. The van der Waals surface area contributed by atoms with Crippen LogP contribution in [0.2, 0.25) is 0 Å². The monoisotopic (exact) mass is 514 g/mol. The van der Waals surface area contributed by atoms with Crippen LogP contribution in [0.15, 0.2) is 11.6 Å². The van der Waals surface area contributed by atoms with E-state index < -0.39 is 63.2 Å². The first-order chi connectivity index (χ1) is 15.9. The van der Waals surface area contributed by atoms with Crippen LogP contribution in [0.4, 0.5) is 0 Å². The third kappa shape index (κ3) is 3.87. The number of hydrogen-bond donors (Lipinski definition) is 6. The molecule has 4 rings (SSSR count). The zero-order valence-electron chi connectivity index (χ0n) is 21.5. The van der Waals surface area contributed by atoms with Crippen LogP contribution >= 0.6 is 11.6 Å². The molecule has 7 nitrogen and oxygen atoms in total. The average molecular weight is 515 g/mol. The molecule has 0 aromatic rings. The molecular formula is C27H43ClO7. The Labute approximate surface area is 213 Å². The highest BCUT2D eigenvalue weighted by atomic mass is 35.5. The second-order valence-electron chi connectivity index (χ2n) is 13.2. The van der Waals surface area contributed by atoms with Crippen LogP contribution in [0.3, 0.4) is 0 Å². The molecule has 3 saturated carbocycles. The lowest BCUT2D eigenvalue weighted by Gasteiger charge is -2.61. The molecule has 0 spiro atoms. The third-order valence-corrected chi connectivity index (χ3v) is 11.4. The van der Waals surface area contributed by atoms with Gasteiger partial charge in [0.1, 0.15) is 0 Å². The quantitative estimate of drug-likeness (QED) is 0.309. The van der Waals surface area contributed by atoms with Gasteiger partial charge in [-0.1, -0.05) is 13.8 Å². The van der Waals surface area contributed by atoms with E-state index in [1.807, 2.05) is 13.8 Å². The molecule has 3 unspecified atom stereocenters. The number of ketones is 1. The van der Waals surface area contributed by atoms with Gasteiger partial charge in [-0.05, 0) is 89.2 Å². The first-order valence-electron chi connectivity index (χ1n) is 13.0. The molecular weight excluding hydrogens is 472 g/mol. The Morgan fingerprint density at radius 2 is 1.74 bits per heavy atom. The number of aliphatic hydroxyl groups is 6. The van der Waals surface area contributed by atoms with Crippen molar-refractivity contribution in [3.05, 3.63) is 11.6 Å². The minimum Gasteiger partial charge on any atom is -0.390 e. The number of carbonyl (C=O) groups is 1. The number of hydrogen-bond acceptors (Lipinski definition) is 7. The molecule has 0 bridgehead atoms. The second-order valence-corrected chi connectivity index (χ2v) is 13.6. The average Bonchev–Trinajstić information content (AvgIpc) is 3.04.